The van der Waals surface area contributed by atoms with E-state index in [9.17, 15) is 14.7 Å². The molecule has 0 unspecified atom stereocenters. The number of aromatic carboxylic acids is 1. The summed E-state index contributed by atoms with van der Waals surface area (Å²) in [5, 5.41) is 12.1. The van der Waals surface area contributed by atoms with Crippen LogP contribution in [0.1, 0.15) is 40.9 Å². The number of fused-ring (bicyclic) bond motifs is 2. The van der Waals surface area contributed by atoms with Crippen LogP contribution in [0.4, 0.5) is 0 Å². The van der Waals surface area contributed by atoms with E-state index in [0.717, 1.165) is 18.4 Å². The lowest BCUT2D eigenvalue weighted by Crippen LogP contribution is -2.24. The van der Waals surface area contributed by atoms with Crippen LogP contribution in [-0.4, -0.2) is 31.9 Å². The Hall–Kier alpha value is -3.42. The number of aromatic nitrogens is 3. The highest BCUT2D eigenvalue weighted by atomic mass is 16.5. The van der Waals surface area contributed by atoms with Gasteiger partial charge in [-0.05, 0) is 36.1 Å². The Labute approximate surface area is 148 Å². The molecule has 1 aliphatic rings. The lowest BCUT2D eigenvalue weighted by atomic mass is 10.1. The Kier molecular flexibility index (Phi) is 3.80. The molecule has 2 aromatic heterocycles. The molecule has 0 aliphatic heterocycles. The molecule has 0 fully saturated rings. The summed E-state index contributed by atoms with van der Waals surface area (Å²) in [6, 6.07) is 5.65. The van der Waals surface area contributed by atoms with Crippen molar-refractivity contribution in [2.24, 2.45) is 0 Å². The highest BCUT2D eigenvalue weighted by Gasteiger charge is 2.24. The van der Waals surface area contributed by atoms with Crippen LogP contribution in [0, 0.1) is 0 Å². The van der Waals surface area contributed by atoms with Crippen LogP contribution in [0.5, 0.6) is 11.6 Å². The minimum Gasteiger partial charge on any atom is -0.478 e. The van der Waals surface area contributed by atoms with Gasteiger partial charge in [0.25, 0.3) is 0 Å². The maximum Gasteiger partial charge on any atom is 0.339 e. The number of aromatic amines is 1. The number of hydrogen-bond acceptors (Lipinski definition) is 5. The number of nitrogens with zero attached hydrogens (tertiary/aromatic N) is 2. The molecule has 0 bridgehead atoms. The van der Waals surface area contributed by atoms with E-state index in [4.69, 9.17) is 4.74 Å². The third-order valence-electron chi connectivity index (χ3n) is 4.38. The summed E-state index contributed by atoms with van der Waals surface area (Å²) < 4.78 is 5.78. The van der Waals surface area contributed by atoms with Crippen LogP contribution in [0.15, 0.2) is 30.6 Å². The van der Waals surface area contributed by atoms with Gasteiger partial charge in [0.05, 0.1) is 12.2 Å². The van der Waals surface area contributed by atoms with Crippen LogP contribution >= 0.6 is 0 Å². The fourth-order valence-corrected chi connectivity index (χ4v) is 3.25. The lowest BCUT2D eigenvalue weighted by molar-refractivity contribution is -0.119. The number of carboxylic acids is 1. The van der Waals surface area contributed by atoms with Crippen LogP contribution in [-0.2, 0) is 11.2 Å². The van der Waals surface area contributed by atoms with Gasteiger partial charge < -0.3 is 20.1 Å². The highest BCUT2D eigenvalue weighted by Crippen LogP contribution is 2.35. The van der Waals surface area contributed by atoms with E-state index < -0.39 is 5.97 Å². The normalized spacial score (nSPS) is 15.7. The van der Waals surface area contributed by atoms with Crippen molar-refractivity contribution in [3.63, 3.8) is 0 Å². The van der Waals surface area contributed by atoms with E-state index in [0.29, 0.717) is 11.4 Å². The maximum atomic E-state index is 11.4. The fourth-order valence-electron chi connectivity index (χ4n) is 3.25. The Morgan fingerprint density at radius 1 is 1.38 bits per heavy atom. The second kappa shape index (κ2) is 6.14. The summed E-state index contributed by atoms with van der Waals surface area (Å²) >= 11 is 0. The quantitative estimate of drug-likeness (QED) is 0.664. The number of carbonyl (C=O) groups is 2. The second-order valence-corrected chi connectivity index (χ2v) is 6.17. The Morgan fingerprint density at radius 2 is 2.23 bits per heavy atom. The smallest absolute Gasteiger partial charge is 0.339 e. The summed E-state index contributed by atoms with van der Waals surface area (Å²) in [4.78, 5) is 33.8. The van der Waals surface area contributed by atoms with Gasteiger partial charge in [0.1, 0.15) is 16.8 Å². The third-order valence-corrected chi connectivity index (χ3v) is 4.38. The van der Waals surface area contributed by atoms with Crippen molar-refractivity contribution in [3.8, 4) is 11.6 Å². The van der Waals surface area contributed by atoms with Crippen LogP contribution in [0.3, 0.4) is 0 Å². The zero-order chi connectivity index (χ0) is 18.3. The molecule has 0 saturated heterocycles. The predicted octanol–water partition coefficient (Wildman–Crippen LogP) is 2.57. The number of H-pyrrole nitrogens is 1. The first kappa shape index (κ1) is 16.1. The molecule has 1 aliphatic carbocycles. The first-order chi connectivity index (χ1) is 12.5. The zero-order valence-electron chi connectivity index (χ0n) is 13.9. The minimum absolute atomic E-state index is 0.0251. The van der Waals surface area contributed by atoms with Crippen molar-refractivity contribution >= 4 is 23.0 Å². The molecule has 4 rings (SSSR count). The van der Waals surface area contributed by atoms with E-state index in [1.165, 1.54) is 24.9 Å². The molecule has 132 valence electrons. The van der Waals surface area contributed by atoms with Gasteiger partial charge in [0, 0.05) is 13.1 Å². The van der Waals surface area contributed by atoms with Gasteiger partial charge in [-0.2, -0.15) is 0 Å². The van der Waals surface area contributed by atoms with Gasteiger partial charge in [-0.15, -0.1) is 0 Å². The summed E-state index contributed by atoms with van der Waals surface area (Å²) in [6.07, 6.45) is 4.54. The van der Waals surface area contributed by atoms with Crippen LogP contribution in [0.2, 0.25) is 0 Å². The van der Waals surface area contributed by atoms with Gasteiger partial charge in [0.2, 0.25) is 11.8 Å². The summed E-state index contributed by atoms with van der Waals surface area (Å²) in [7, 11) is 0. The first-order valence-corrected chi connectivity index (χ1v) is 8.16. The van der Waals surface area contributed by atoms with Gasteiger partial charge >= 0.3 is 5.97 Å². The van der Waals surface area contributed by atoms with E-state index in [1.54, 1.807) is 0 Å². The van der Waals surface area contributed by atoms with Gasteiger partial charge in [0.15, 0.2) is 5.65 Å². The van der Waals surface area contributed by atoms with E-state index in [1.807, 2.05) is 18.2 Å². The van der Waals surface area contributed by atoms with Crippen molar-refractivity contribution in [1.29, 1.82) is 0 Å². The van der Waals surface area contributed by atoms with Crippen molar-refractivity contribution in [3.05, 3.63) is 47.3 Å². The predicted molar refractivity (Wildman–Crippen MR) is 92.2 cm³/mol. The molecule has 1 amide bonds. The molecule has 1 atom stereocenters. The van der Waals surface area contributed by atoms with Crippen molar-refractivity contribution in [2.45, 2.75) is 25.8 Å². The van der Waals surface area contributed by atoms with E-state index in [2.05, 4.69) is 20.3 Å². The SMILES string of the molecule is CC(=O)N[C@@H]1CCc2ccc(Oc3cnc4[nH]cc(C(=O)O)c4n3)cc21. The summed E-state index contributed by atoms with van der Waals surface area (Å²) in [5.74, 6) is -0.395. The molecule has 8 heteroatoms. The molecule has 2 heterocycles. The van der Waals surface area contributed by atoms with Gasteiger partial charge in [-0.25, -0.2) is 14.8 Å². The van der Waals surface area contributed by atoms with Gasteiger partial charge in [-0.3, -0.25) is 4.79 Å². The molecule has 8 nitrogen and oxygen atoms in total. The van der Waals surface area contributed by atoms with Gasteiger partial charge in [-0.1, -0.05) is 6.07 Å². The highest BCUT2D eigenvalue weighted by molar-refractivity contribution is 6.00. The van der Waals surface area contributed by atoms with Crippen molar-refractivity contribution in [1.82, 2.24) is 20.3 Å². The summed E-state index contributed by atoms with van der Waals surface area (Å²) in [5.41, 5.74) is 2.87. The Morgan fingerprint density at radius 3 is 3.00 bits per heavy atom. The standard InChI is InChI=1S/C18H16N4O4/c1-9(23)21-14-5-3-10-2-4-11(6-12(10)14)26-15-8-20-17-16(22-15)13(7-19-17)18(24)25/h2,4,6-8,14H,3,5H2,1H3,(H,19,20)(H,21,23)(H,24,25)/t14-/m1/s1. The number of benzene rings is 1. The Bertz CT molecular complexity index is 1030. The number of nitrogens with one attached hydrogen (secondary N) is 2. The molecule has 1 aromatic carbocycles. The number of ether oxygens (including phenoxy) is 1. The average molecular weight is 352 g/mol. The molecule has 0 radical (unpaired) electrons. The monoisotopic (exact) mass is 352 g/mol. The zero-order valence-corrected chi connectivity index (χ0v) is 13.9. The van der Waals surface area contributed by atoms with E-state index >= 15 is 0 Å². The van der Waals surface area contributed by atoms with Crippen LogP contribution < -0.4 is 10.1 Å². The number of carbonyl (C=O) groups excluding carboxylic acids is 1. The molecular weight excluding hydrogens is 336 g/mol. The lowest BCUT2D eigenvalue weighted by Gasteiger charge is -2.13. The van der Waals surface area contributed by atoms with Crippen LogP contribution in [0.25, 0.3) is 11.2 Å². The fraction of sp³-hybridized carbons (Fsp3) is 0.222. The molecular formula is C18H16N4O4. The number of hydrogen-bond donors (Lipinski definition) is 3. The minimum atomic E-state index is -1.08. The largest absolute Gasteiger partial charge is 0.478 e. The van der Waals surface area contributed by atoms with E-state index in [-0.39, 0.29) is 28.9 Å². The molecule has 26 heavy (non-hydrogen) atoms. The number of rotatable bonds is 4. The van der Waals surface area contributed by atoms with Crippen molar-refractivity contribution < 1.29 is 19.4 Å². The first-order valence-electron chi connectivity index (χ1n) is 8.16. The number of aryl methyl sites for hydroxylation is 1. The third kappa shape index (κ3) is 2.85. The summed E-state index contributed by atoms with van der Waals surface area (Å²) in [6.45, 7) is 1.50. The number of carboxylic acid groups (broad SMARTS) is 1. The average Bonchev–Trinajstić information content (AvgIpc) is 3.18. The topological polar surface area (TPSA) is 117 Å². The number of amides is 1. The molecule has 3 aromatic rings. The molecule has 3 N–H and O–H groups in total. The molecule has 0 spiro atoms. The maximum absolute atomic E-state index is 11.4. The Balaban J connectivity index is 1.64. The van der Waals surface area contributed by atoms with Crippen molar-refractivity contribution in [2.75, 3.05) is 0 Å². The second-order valence-electron chi connectivity index (χ2n) is 6.17. The molecule has 0 saturated carbocycles.